The smallest absolute Gasteiger partial charge is 0.146 e. The molecule has 0 aromatic rings. The van der Waals surface area contributed by atoms with Gasteiger partial charge in [-0.1, -0.05) is 27.6 Å². The van der Waals surface area contributed by atoms with Crippen molar-refractivity contribution in [2.24, 2.45) is 11.8 Å². The molecule has 0 saturated carbocycles. The monoisotopic (exact) mass is 451 g/mol. The van der Waals surface area contributed by atoms with E-state index in [0.717, 1.165) is 0 Å². The zero-order chi connectivity index (χ0) is 12.3. The summed E-state index contributed by atoms with van der Waals surface area (Å²) in [6.45, 7) is 9.08. The first-order valence-electron chi connectivity index (χ1n) is 5.51. The maximum atomic E-state index is 6.20. The second kappa shape index (κ2) is 6.54. The summed E-state index contributed by atoms with van der Waals surface area (Å²) in [6.07, 6.45) is 0.0732. The summed E-state index contributed by atoms with van der Waals surface area (Å²) in [5.41, 5.74) is -0.334. The van der Waals surface area contributed by atoms with Crippen LogP contribution in [-0.2, 0) is 10.9 Å². The normalized spacial score (nSPS) is 39.3. The molecule has 0 amide bonds. The SMILES string of the molecule is C[B][C@@H]1O[C@@](COI)(C(C)C)[C@@H](OI)[C@H]1C. The van der Waals surface area contributed by atoms with Crippen LogP contribution >= 0.6 is 46.0 Å². The molecule has 0 aromatic heterocycles. The van der Waals surface area contributed by atoms with Crippen molar-refractivity contribution >= 4 is 53.3 Å². The quantitative estimate of drug-likeness (QED) is 0.475. The molecule has 1 rings (SSSR count). The van der Waals surface area contributed by atoms with Crippen LogP contribution in [0.15, 0.2) is 0 Å². The molecule has 0 N–H and O–H groups in total. The Kier molecular flexibility index (Phi) is 6.32. The summed E-state index contributed by atoms with van der Waals surface area (Å²) >= 11 is 3.90. The van der Waals surface area contributed by atoms with E-state index in [2.05, 4.69) is 28.1 Å². The Morgan fingerprint density at radius 1 is 1.44 bits per heavy atom. The van der Waals surface area contributed by atoms with Crippen LogP contribution in [0.2, 0.25) is 6.82 Å². The van der Waals surface area contributed by atoms with Crippen LogP contribution in [0.3, 0.4) is 0 Å². The molecule has 1 aliphatic heterocycles. The van der Waals surface area contributed by atoms with Crippen LogP contribution in [0.5, 0.6) is 0 Å². The number of ether oxygens (including phenoxy) is 1. The Morgan fingerprint density at radius 3 is 2.44 bits per heavy atom. The van der Waals surface area contributed by atoms with Crippen molar-refractivity contribution in [3.63, 3.8) is 0 Å². The molecule has 16 heavy (non-hydrogen) atoms. The van der Waals surface area contributed by atoms with Crippen molar-refractivity contribution in [2.75, 3.05) is 6.61 Å². The van der Waals surface area contributed by atoms with E-state index in [-0.39, 0.29) is 17.7 Å². The minimum atomic E-state index is -0.334. The zero-order valence-electron chi connectivity index (χ0n) is 10.1. The van der Waals surface area contributed by atoms with Crippen molar-refractivity contribution in [2.45, 2.75) is 45.3 Å². The molecular weight excluding hydrogens is 433 g/mol. The Bertz CT molecular complexity index is 230. The van der Waals surface area contributed by atoms with Crippen molar-refractivity contribution in [3.05, 3.63) is 0 Å². The molecule has 3 nitrogen and oxygen atoms in total. The third kappa shape index (κ3) is 2.70. The van der Waals surface area contributed by atoms with Gasteiger partial charge in [-0.3, -0.25) is 0 Å². The molecule has 1 aliphatic rings. The second-order valence-corrected chi connectivity index (χ2v) is 5.78. The molecule has 0 bridgehead atoms. The van der Waals surface area contributed by atoms with E-state index in [9.17, 15) is 0 Å². The lowest BCUT2D eigenvalue weighted by atomic mass is 9.68. The van der Waals surface area contributed by atoms with Gasteiger partial charge in [0.05, 0.1) is 6.61 Å². The van der Waals surface area contributed by atoms with E-state index in [1.165, 1.54) is 0 Å². The molecule has 93 valence electrons. The van der Waals surface area contributed by atoms with Gasteiger partial charge in [-0.2, -0.15) is 0 Å². The average molecular weight is 451 g/mol. The lowest BCUT2D eigenvalue weighted by Crippen LogP contribution is -2.49. The third-order valence-corrected chi connectivity index (χ3v) is 4.37. The zero-order valence-corrected chi connectivity index (χ0v) is 14.4. The molecule has 0 unspecified atom stereocenters. The number of hydrogen-bond donors (Lipinski definition) is 0. The molecule has 6 heteroatoms. The standard InChI is InChI=1S/C10H18BI2O3/c1-6(2)10(5-14-12)8(16-13)7(3)9(11-4)15-10/h6-9H,5H2,1-4H3/t7-,8+,9-,10+/m1/s1. The van der Waals surface area contributed by atoms with E-state index in [1.807, 2.05) is 52.8 Å². The molecule has 1 fully saturated rings. The third-order valence-electron chi connectivity index (χ3n) is 3.51. The van der Waals surface area contributed by atoms with E-state index >= 15 is 0 Å². The first-order valence-corrected chi connectivity index (χ1v) is 7.27. The highest BCUT2D eigenvalue weighted by molar-refractivity contribution is 14.1. The van der Waals surface area contributed by atoms with Gasteiger partial charge in [0.15, 0.2) is 0 Å². The van der Waals surface area contributed by atoms with Crippen molar-refractivity contribution in [3.8, 4) is 0 Å². The largest absolute Gasteiger partial charge is 0.375 e. The summed E-state index contributed by atoms with van der Waals surface area (Å²) in [5.74, 6) is 0.713. The van der Waals surface area contributed by atoms with E-state index in [4.69, 9.17) is 10.9 Å². The molecule has 0 aromatic carbocycles. The van der Waals surface area contributed by atoms with Gasteiger partial charge in [0.2, 0.25) is 0 Å². The number of hydrogen-bond acceptors (Lipinski definition) is 3. The summed E-state index contributed by atoms with van der Waals surface area (Å²) in [4.78, 5) is 0. The molecule has 4 atom stereocenters. The van der Waals surface area contributed by atoms with Crippen LogP contribution in [0.4, 0.5) is 0 Å². The highest BCUT2D eigenvalue weighted by Crippen LogP contribution is 2.43. The first-order chi connectivity index (χ1) is 7.53. The fraction of sp³-hybridized carbons (Fsp3) is 1.00. The molecule has 1 saturated heterocycles. The molecule has 0 spiro atoms. The molecule has 1 radical (unpaired) electrons. The van der Waals surface area contributed by atoms with Gasteiger partial charge in [0.25, 0.3) is 0 Å². The predicted octanol–water partition coefficient (Wildman–Crippen LogP) is 3.23. The lowest BCUT2D eigenvalue weighted by Gasteiger charge is -2.36. The van der Waals surface area contributed by atoms with Crippen LogP contribution in [0, 0.1) is 11.8 Å². The van der Waals surface area contributed by atoms with Gasteiger partial charge in [-0.25, -0.2) is 0 Å². The van der Waals surface area contributed by atoms with Crippen LogP contribution in [0.25, 0.3) is 0 Å². The Balaban J connectivity index is 2.97. The summed E-state index contributed by atoms with van der Waals surface area (Å²) < 4.78 is 17.1. The Morgan fingerprint density at radius 2 is 2.06 bits per heavy atom. The molecule has 0 aliphatic carbocycles. The summed E-state index contributed by atoms with van der Waals surface area (Å²) in [5, 5.41) is 0. The molecule has 1 heterocycles. The predicted molar refractivity (Wildman–Crippen MR) is 82.1 cm³/mol. The van der Waals surface area contributed by atoms with Crippen molar-refractivity contribution < 1.29 is 10.9 Å². The van der Waals surface area contributed by atoms with E-state index in [1.54, 1.807) is 0 Å². The van der Waals surface area contributed by atoms with Gasteiger partial charge < -0.3 is 10.9 Å². The van der Waals surface area contributed by atoms with Gasteiger partial charge >= 0.3 is 0 Å². The van der Waals surface area contributed by atoms with Crippen molar-refractivity contribution in [1.29, 1.82) is 0 Å². The van der Waals surface area contributed by atoms with Crippen LogP contribution in [-0.4, -0.2) is 31.6 Å². The van der Waals surface area contributed by atoms with Gasteiger partial charge in [0, 0.05) is 11.9 Å². The maximum Gasteiger partial charge on any atom is 0.146 e. The highest BCUT2D eigenvalue weighted by atomic mass is 127. The summed E-state index contributed by atoms with van der Waals surface area (Å²) in [7, 11) is 2.10. The first kappa shape index (κ1) is 15.5. The molecular formula is C10H18BI2O3. The summed E-state index contributed by atoms with van der Waals surface area (Å²) in [6, 6.07) is 0.147. The lowest BCUT2D eigenvalue weighted by molar-refractivity contribution is -0.100. The minimum Gasteiger partial charge on any atom is -0.375 e. The van der Waals surface area contributed by atoms with Gasteiger partial charge in [-0.15, -0.1) is 0 Å². The highest BCUT2D eigenvalue weighted by Gasteiger charge is 2.55. The van der Waals surface area contributed by atoms with E-state index in [0.29, 0.717) is 18.4 Å². The number of rotatable bonds is 5. The van der Waals surface area contributed by atoms with E-state index < -0.39 is 0 Å². The van der Waals surface area contributed by atoms with Crippen molar-refractivity contribution in [1.82, 2.24) is 0 Å². The Hall–Kier alpha value is 1.40. The average Bonchev–Trinajstić information content (AvgIpc) is 2.52. The minimum absolute atomic E-state index is 0.0732. The fourth-order valence-corrected chi connectivity index (χ4v) is 3.79. The fourth-order valence-electron chi connectivity index (χ4n) is 2.41. The maximum absolute atomic E-state index is 6.20. The number of halogens is 2. The van der Waals surface area contributed by atoms with Gasteiger partial charge in [-0.05, 0) is 5.92 Å². The van der Waals surface area contributed by atoms with Gasteiger partial charge in [0.1, 0.15) is 65.0 Å². The Labute approximate surface area is 127 Å². The van der Waals surface area contributed by atoms with Crippen LogP contribution < -0.4 is 0 Å². The second-order valence-electron chi connectivity index (χ2n) is 4.65. The van der Waals surface area contributed by atoms with Crippen LogP contribution in [0.1, 0.15) is 20.8 Å². The topological polar surface area (TPSA) is 27.7 Å².